The van der Waals surface area contributed by atoms with Gasteiger partial charge in [-0.2, -0.15) is 0 Å². The Bertz CT molecular complexity index is 676. The molecule has 26 heavy (non-hydrogen) atoms. The molecule has 2 aromatic carbocycles. The Morgan fingerprint density at radius 1 is 1.08 bits per heavy atom. The fourth-order valence-corrected chi connectivity index (χ4v) is 9.21. The van der Waals surface area contributed by atoms with Gasteiger partial charge in [0.2, 0.25) is 0 Å². The van der Waals surface area contributed by atoms with Gasteiger partial charge >= 0.3 is 0 Å². The van der Waals surface area contributed by atoms with Crippen LogP contribution in [-0.2, 0) is 14.0 Å². The number of carbonyl (C=O) groups is 1. The predicted octanol–water partition coefficient (Wildman–Crippen LogP) is 3.22. The number of carbonyl (C=O) groups excluding carboxylic acids is 1. The number of ether oxygens (including phenoxy) is 1. The lowest BCUT2D eigenvalue weighted by Gasteiger charge is -2.43. The van der Waals surface area contributed by atoms with Gasteiger partial charge in [-0.1, -0.05) is 81.4 Å². The van der Waals surface area contributed by atoms with Crippen molar-refractivity contribution in [1.29, 1.82) is 0 Å². The zero-order chi connectivity index (χ0) is 18.6. The lowest BCUT2D eigenvalue weighted by atomic mass is 10.2. The maximum absolute atomic E-state index is 11.0. The molecule has 0 spiro atoms. The minimum Gasteiger partial charge on any atom is -0.404 e. The first-order chi connectivity index (χ1) is 12.5. The summed E-state index contributed by atoms with van der Waals surface area (Å²) in [6.45, 7) is 7.27. The van der Waals surface area contributed by atoms with Gasteiger partial charge in [-0.05, 0) is 15.4 Å². The van der Waals surface area contributed by atoms with E-state index in [9.17, 15) is 4.79 Å². The summed E-state index contributed by atoms with van der Waals surface area (Å²) in [7, 11) is -2.53. The van der Waals surface area contributed by atoms with E-state index in [0.717, 1.165) is 6.29 Å². The van der Waals surface area contributed by atoms with Gasteiger partial charge in [0, 0.05) is 5.75 Å². The van der Waals surface area contributed by atoms with Crippen molar-refractivity contribution in [1.82, 2.24) is 0 Å². The first-order valence-electron chi connectivity index (χ1n) is 8.95. The number of benzene rings is 2. The molecule has 2 aromatic rings. The molecule has 0 bridgehead atoms. The van der Waals surface area contributed by atoms with Crippen LogP contribution >= 0.6 is 11.8 Å². The minimum absolute atomic E-state index is 0.0525. The SMILES string of the molecule is CC(C)(C)[Si](OC[C@H]1O[C@@H](C=O)CS1)(c1ccccc1)c1ccccc1. The van der Waals surface area contributed by atoms with E-state index in [-0.39, 0.29) is 16.6 Å². The van der Waals surface area contributed by atoms with Gasteiger partial charge in [0.25, 0.3) is 8.32 Å². The molecule has 0 unspecified atom stereocenters. The van der Waals surface area contributed by atoms with Gasteiger partial charge in [0.1, 0.15) is 17.8 Å². The summed E-state index contributed by atoms with van der Waals surface area (Å²) in [5.74, 6) is 0.707. The van der Waals surface area contributed by atoms with Crippen LogP contribution in [0, 0.1) is 0 Å². The smallest absolute Gasteiger partial charge is 0.261 e. The summed E-state index contributed by atoms with van der Waals surface area (Å²) in [5, 5.41) is 2.46. The molecule has 2 atom stereocenters. The van der Waals surface area contributed by atoms with Crippen LogP contribution in [0.25, 0.3) is 0 Å². The first kappa shape index (κ1) is 19.4. The lowest BCUT2D eigenvalue weighted by molar-refractivity contribution is -0.117. The van der Waals surface area contributed by atoms with Crippen molar-refractivity contribution >= 4 is 36.7 Å². The van der Waals surface area contributed by atoms with Crippen LogP contribution in [0.3, 0.4) is 0 Å². The van der Waals surface area contributed by atoms with Crippen molar-refractivity contribution in [2.24, 2.45) is 0 Å². The summed E-state index contributed by atoms with van der Waals surface area (Å²) < 4.78 is 12.6. The van der Waals surface area contributed by atoms with Crippen molar-refractivity contribution in [2.75, 3.05) is 12.4 Å². The molecule has 1 heterocycles. The van der Waals surface area contributed by atoms with Crippen LogP contribution in [-0.4, -0.2) is 38.5 Å². The van der Waals surface area contributed by atoms with E-state index in [1.165, 1.54) is 10.4 Å². The summed E-state index contributed by atoms with van der Waals surface area (Å²) in [6.07, 6.45) is 0.572. The van der Waals surface area contributed by atoms with E-state index in [4.69, 9.17) is 9.16 Å². The number of hydrogen-bond acceptors (Lipinski definition) is 4. The number of rotatable bonds is 6. The molecule has 3 nitrogen and oxygen atoms in total. The Labute approximate surface area is 161 Å². The number of thioether (sulfide) groups is 1. The molecule has 0 amide bonds. The van der Waals surface area contributed by atoms with Crippen LogP contribution in [0.15, 0.2) is 60.7 Å². The molecule has 0 aliphatic carbocycles. The van der Waals surface area contributed by atoms with Gasteiger partial charge < -0.3 is 14.0 Å². The quantitative estimate of drug-likeness (QED) is 0.564. The third kappa shape index (κ3) is 3.81. The van der Waals surface area contributed by atoms with Gasteiger partial charge in [0.15, 0.2) is 0 Å². The Hall–Kier alpha value is -1.40. The van der Waals surface area contributed by atoms with Crippen molar-refractivity contribution in [3.05, 3.63) is 60.7 Å². The molecular formula is C21H26O3SSi. The second kappa shape index (κ2) is 8.09. The highest BCUT2D eigenvalue weighted by atomic mass is 32.2. The Kier molecular flexibility index (Phi) is 6.02. The Morgan fingerprint density at radius 2 is 1.62 bits per heavy atom. The summed E-state index contributed by atoms with van der Waals surface area (Å²) >= 11 is 1.66. The molecule has 1 saturated heterocycles. The van der Waals surface area contributed by atoms with Crippen molar-refractivity contribution < 1.29 is 14.0 Å². The molecule has 138 valence electrons. The fourth-order valence-electron chi connectivity index (χ4n) is 3.59. The van der Waals surface area contributed by atoms with Gasteiger partial charge in [-0.15, -0.1) is 11.8 Å². The standard InChI is InChI=1S/C21H26O3SSi/c1-21(2,3)26(18-10-6-4-7-11-18,19-12-8-5-9-13-19)23-15-20-24-17(14-22)16-25-20/h4-14,17,20H,15-16H2,1-3H3/t17-,20-/m0/s1. The molecule has 5 heteroatoms. The monoisotopic (exact) mass is 386 g/mol. The fraction of sp³-hybridized carbons (Fsp3) is 0.381. The van der Waals surface area contributed by atoms with Gasteiger partial charge in [0.05, 0.1) is 6.61 Å². The van der Waals surface area contributed by atoms with Crippen molar-refractivity contribution in [3.8, 4) is 0 Å². The minimum atomic E-state index is -2.53. The average Bonchev–Trinajstić information content (AvgIpc) is 3.11. The van der Waals surface area contributed by atoms with Crippen LogP contribution in [0.5, 0.6) is 0 Å². The largest absolute Gasteiger partial charge is 0.404 e. The first-order valence-corrected chi connectivity index (χ1v) is 11.9. The predicted molar refractivity (Wildman–Crippen MR) is 111 cm³/mol. The van der Waals surface area contributed by atoms with E-state index in [2.05, 4.69) is 69.3 Å². The molecule has 0 radical (unpaired) electrons. The maximum atomic E-state index is 11.0. The third-order valence-corrected chi connectivity index (χ3v) is 10.9. The molecule has 1 fully saturated rings. The third-order valence-electron chi connectivity index (χ3n) is 4.78. The molecule has 1 aliphatic rings. The second-order valence-corrected chi connectivity index (χ2v) is 13.0. The molecule has 0 aromatic heterocycles. The molecule has 3 rings (SSSR count). The van der Waals surface area contributed by atoms with Crippen LogP contribution in [0.1, 0.15) is 20.8 Å². The normalized spacial score (nSPS) is 20.9. The zero-order valence-corrected chi connectivity index (χ0v) is 17.4. The highest BCUT2D eigenvalue weighted by Crippen LogP contribution is 2.37. The summed E-state index contributed by atoms with van der Waals surface area (Å²) in [5.41, 5.74) is -0.0909. The highest BCUT2D eigenvalue weighted by molar-refractivity contribution is 8.00. The van der Waals surface area contributed by atoms with E-state index in [0.29, 0.717) is 12.4 Å². The van der Waals surface area contributed by atoms with Crippen molar-refractivity contribution in [2.45, 2.75) is 37.3 Å². The molecule has 0 N–H and O–H groups in total. The van der Waals surface area contributed by atoms with Gasteiger partial charge in [-0.3, -0.25) is 0 Å². The van der Waals surface area contributed by atoms with E-state index < -0.39 is 8.32 Å². The molecule has 0 saturated carbocycles. The Balaban J connectivity index is 1.99. The van der Waals surface area contributed by atoms with E-state index >= 15 is 0 Å². The summed E-state index contributed by atoms with van der Waals surface area (Å²) in [6, 6.07) is 21.1. The van der Waals surface area contributed by atoms with Gasteiger partial charge in [-0.25, -0.2) is 0 Å². The average molecular weight is 387 g/mol. The zero-order valence-electron chi connectivity index (χ0n) is 15.6. The Morgan fingerprint density at radius 3 is 2.04 bits per heavy atom. The lowest BCUT2D eigenvalue weighted by Crippen LogP contribution is -2.67. The van der Waals surface area contributed by atoms with Crippen LogP contribution < -0.4 is 10.4 Å². The topological polar surface area (TPSA) is 35.5 Å². The molecule has 1 aliphatic heterocycles. The second-order valence-electron chi connectivity index (χ2n) is 7.55. The van der Waals surface area contributed by atoms with Crippen LogP contribution in [0.2, 0.25) is 5.04 Å². The van der Waals surface area contributed by atoms with E-state index in [1.54, 1.807) is 11.8 Å². The maximum Gasteiger partial charge on any atom is 0.261 e. The van der Waals surface area contributed by atoms with Crippen LogP contribution in [0.4, 0.5) is 0 Å². The number of aldehydes is 1. The number of hydrogen-bond donors (Lipinski definition) is 0. The highest BCUT2D eigenvalue weighted by Gasteiger charge is 2.50. The molecular weight excluding hydrogens is 360 g/mol. The summed E-state index contributed by atoms with van der Waals surface area (Å²) in [4.78, 5) is 11.0. The van der Waals surface area contributed by atoms with E-state index in [1.807, 2.05) is 12.1 Å². The van der Waals surface area contributed by atoms with Crippen molar-refractivity contribution in [3.63, 3.8) is 0 Å².